The lowest BCUT2D eigenvalue weighted by Gasteiger charge is -2.25. The predicted molar refractivity (Wildman–Crippen MR) is 137 cm³/mol. The lowest BCUT2D eigenvalue weighted by atomic mass is 10.0. The Balaban J connectivity index is 1.54. The summed E-state index contributed by atoms with van der Waals surface area (Å²) in [5.74, 6) is 0.365. The molecule has 0 saturated heterocycles. The van der Waals surface area contributed by atoms with E-state index < -0.39 is 12.1 Å². The molecule has 0 heterocycles. The van der Waals surface area contributed by atoms with Crippen molar-refractivity contribution >= 4 is 29.3 Å². The van der Waals surface area contributed by atoms with Crippen molar-refractivity contribution in [1.82, 2.24) is 4.90 Å². The van der Waals surface area contributed by atoms with E-state index in [1.54, 1.807) is 24.0 Å². The van der Waals surface area contributed by atoms with E-state index in [1.165, 1.54) is 25.7 Å². The number of rotatable bonds is 13. The quantitative estimate of drug-likeness (QED) is 0.358. The van der Waals surface area contributed by atoms with Crippen LogP contribution >= 0.6 is 11.6 Å². The van der Waals surface area contributed by atoms with Crippen LogP contribution in [0.5, 0.6) is 5.75 Å². The molecule has 0 radical (unpaired) electrons. The predicted octanol–water partition coefficient (Wildman–Crippen LogP) is 5.87. The van der Waals surface area contributed by atoms with E-state index in [1.807, 2.05) is 36.4 Å². The highest BCUT2D eigenvalue weighted by atomic mass is 35.5. The van der Waals surface area contributed by atoms with Crippen molar-refractivity contribution < 1.29 is 24.2 Å². The molecule has 0 aromatic heterocycles. The third kappa shape index (κ3) is 8.75. The molecule has 2 aromatic rings. The van der Waals surface area contributed by atoms with Crippen LogP contribution in [-0.4, -0.2) is 54.4 Å². The Kier molecular flexibility index (Phi) is 10.7. The molecule has 8 heteroatoms. The summed E-state index contributed by atoms with van der Waals surface area (Å²) in [4.78, 5) is 26.1. The summed E-state index contributed by atoms with van der Waals surface area (Å²) in [6.45, 7) is 3.57. The van der Waals surface area contributed by atoms with Crippen LogP contribution in [0.3, 0.4) is 0 Å². The fraction of sp³-hybridized carbons (Fsp3) is 0.481. The largest absolute Gasteiger partial charge is 0.492 e. The number of aliphatic carboxylic acids is 1. The monoisotopic (exact) mass is 502 g/mol. The van der Waals surface area contributed by atoms with Crippen LogP contribution in [0.1, 0.15) is 44.6 Å². The van der Waals surface area contributed by atoms with Gasteiger partial charge in [0.25, 0.3) is 0 Å². The summed E-state index contributed by atoms with van der Waals surface area (Å²) < 4.78 is 11.2. The van der Waals surface area contributed by atoms with Gasteiger partial charge in [-0.1, -0.05) is 61.5 Å². The number of ether oxygens (including phenoxy) is 2. The van der Waals surface area contributed by atoms with E-state index in [-0.39, 0.29) is 6.03 Å². The second kappa shape index (κ2) is 14.0. The number of benzene rings is 2. The second-order valence-corrected chi connectivity index (χ2v) is 9.22. The van der Waals surface area contributed by atoms with Crippen LogP contribution in [-0.2, 0) is 16.0 Å². The number of anilines is 1. The van der Waals surface area contributed by atoms with Crippen molar-refractivity contribution in [3.63, 3.8) is 0 Å². The van der Waals surface area contributed by atoms with E-state index in [9.17, 15) is 14.7 Å². The van der Waals surface area contributed by atoms with Gasteiger partial charge < -0.3 is 24.8 Å². The van der Waals surface area contributed by atoms with Gasteiger partial charge in [0.15, 0.2) is 6.10 Å². The SMILES string of the molecule is CCOC(Cc1ccc(OCCN(CCC2CCCC2)C(=O)Nc2ccccc2Cl)cc1)C(=O)O. The molecular weight excluding hydrogens is 468 g/mol. The zero-order valence-corrected chi connectivity index (χ0v) is 21.0. The molecule has 2 aromatic carbocycles. The average Bonchev–Trinajstić information content (AvgIpc) is 3.37. The summed E-state index contributed by atoms with van der Waals surface area (Å²) in [5.41, 5.74) is 1.45. The first kappa shape index (κ1) is 26.8. The maximum atomic E-state index is 13.0. The first-order valence-corrected chi connectivity index (χ1v) is 12.7. The van der Waals surface area contributed by atoms with Crippen molar-refractivity contribution in [2.75, 3.05) is 31.6 Å². The zero-order valence-electron chi connectivity index (χ0n) is 20.2. The number of halogens is 1. The van der Waals surface area contributed by atoms with E-state index >= 15 is 0 Å². The number of carbonyl (C=O) groups is 2. The third-order valence-electron chi connectivity index (χ3n) is 6.30. The molecule has 1 aliphatic carbocycles. The average molecular weight is 503 g/mol. The van der Waals surface area contributed by atoms with Gasteiger partial charge >= 0.3 is 12.0 Å². The molecule has 35 heavy (non-hydrogen) atoms. The molecule has 7 nitrogen and oxygen atoms in total. The van der Waals surface area contributed by atoms with Gasteiger partial charge in [0.05, 0.1) is 17.3 Å². The summed E-state index contributed by atoms with van der Waals surface area (Å²) in [5, 5.41) is 12.7. The molecule has 2 amide bonds. The number of para-hydroxylation sites is 1. The number of nitrogens with one attached hydrogen (secondary N) is 1. The summed E-state index contributed by atoms with van der Waals surface area (Å²) in [6, 6.07) is 14.3. The number of carboxylic acid groups (broad SMARTS) is 1. The normalized spacial score (nSPS) is 14.5. The van der Waals surface area contributed by atoms with E-state index in [2.05, 4.69) is 5.32 Å². The van der Waals surface area contributed by atoms with Crippen LogP contribution in [0, 0.1) is 5.92 Å². The van der Waals surface area contributed by atoms with Gasteiger partial charge in [-0.15, -0.1) is 0 Å². The molecule has 190 valence electrons. The minimum absolute atomic E-state index is 0.189. The van der Waals surface area contributed by atoms with Gasteiger partial charge in [0.2, 0.25) is 0 Å². The Morgan fingerprint density at radius 3 is 2.49 bits per heavy atom. The molecule has 1 aliphatic rings. The number of urea groups is 1. The lowest BCUT2D eigenvalue weighted by molar-refractivity contribution is -0.149. The maximum absolute atomic E-state index is 13.0. The topological polar surface area (TPSA) is 88.1 Å². The Hall–Kier alpha value is -2.77. The maximum Gasteiger partial charge on any atom is 0.333 e. The third-order valence-corrected chi connectivity index (χ3v) is 6.63. The van der Waals surface area contributed by atoms with Crippen LogP contribution in [0.2, 0.25) is 5.02 Å². The summed E-state index contributed by atoms with van der Waals surface area (Å²) >= 11 is 6.22. The molecule has 1 unspecified atom stereocenters. The first-order chi connectivity index (χ1) is 17.0. The van der Waals surface area contributed by atoms with Gasteiger partial charge in [0.1, 0.15) is 12.4 Å². The molecule has 3 rings (SSSR count). The first-order valence-electron chi connectivity index (χ1n) is 12.3. The Morgan fingerprint density at radius 2 is 1.83 bits per heavy atom. The number of hydrogen-bond acceptors (Lipinski definition) is 4. The highest BCUT2D eigenvalue weighted by molar-refractivity contribution is 6.33. The van der Waals surface area contributed by atoms with Gasteiger partial charge in [-0.25, -0.2) is 9.59 Å². The van der Waals surface area contributed by atoms with Crippen LogP contribution < -0.4 is 10.1 Å². The molecule has 2 N–H and O–H groups in total. The lowest BCUT2D eigenvalue weighted by Crippen LogP contribution is -2.39. The Morgan fingerprint density at radius 1 is 1.11 bits per heavy atom. The number of hydrogen-bond donors (Lipinski definition) is 2. The number of carbonyl (C=O) groups excluding carboxylic acids is 1. The van der Waals surface area contributed by atoms with Crippen LogP contribution in [0.25, 0.3) is 0 Å². The van der Waals surface area contributed by atoms with Gasteiger partial charge in [-0.3, -0.25) is 0 Å². The van der Waals surface area contributed by atoms with Crippen molar-refractivity contribution in [3.05, 3.63) is 59.1 Å². The highest BCUT2D eigenvalue weighted by Crippen LogP contribution is 2.28. The fourth-order valence-electron chi connectivity index (χ4n) is 4.34. The molecule has 1 atom stereocenters. The van der Waals surface area contributed by atoms with Gasteiger partial charge in [-0.2, -0.15) is 0 Å². The zero-order chi connectivity index (χ0) is 25.0. The molecule has 1 saturated carbocycles. The van der Waals surface area contributed by atoms with E-state index in [0.29, 0.717) is 55.1 Å². The smallest absolute Gasteiger partial charge is 0.333 e. The standard InChI is InChI=1S/C27H35ClN2O5/c1-2-34-25(26(31)32)19-21-11-13-22(14-12-21)35-18-17-30(16-15-20-7-3-4-8-20)27(33)29-24-10-6-5-9-23(24)28/h5-6,9-14,20,25H,2-4,7-8,15-19H2,1H3,(H,29,33)(H,31,32). The van der Waals surface area contributed by atoms with Crippen LogP contribution in [0.15, 0.2) is 48.5 Å². The van der Waals surface area contributed by atoms with Crippen molar-refractivity contribution in [2.24, 2.45) is 5.92 Å². The Labute approximate surface area is 212 Å². The van der Waals surface area contributed by atoms with Gasteiger partial charge in [-0.05, 0) is 49.1 Å². The summed E-state index contributed by atoms with van der Waals surface area (Å²) in [7, 11) is 0. The highest BCUT2D eigenvalue weighted by Gasteiger charge is 2.20. The van der Waals surface area contributed by atoms with Gasteiger partial charge in [0, 0.05) is 19.6 Å². The molecule has 0 aliphatic heterocycles. The van der Waals surface area contributed by atoms with Crippen LogP contribution in [0.4, 0.5) is 10.5 Å². The number of nitrogens with zero attached hydrogens (tertiary/aromatic N) is 1. The van der Waals surface area contributed by atoms with E-state index in [4.69, 9.17) is 21.1 Å². The summed E-state index contributed by atoms with van der Waals surface area (Å²) in [6.07, 6.45) is 5.41. The molecular formula is C27H35ClN2O5. The molecule has 0 spiro atoms. The van der Waals surface area contributed by atoms with Crippen molar-refractivity contribution in [2.45, 2.75) is 51.6 Å². The number of carboxylic acids is 1. The van der Waals surface area contributed by atoms with Crippen molar-refractivity contribution in [3.8, 4) is 5.75 Å². The van der Waals surface area contributed by atoms with Crippen molar-refractivity contribution in [1.29, 1.82) is 0 Å². The molecule has 1 fully saturated rings. The second-order valence-electron chi connectivity index (χ2n) is 8.81. The minimum atomic E-state index is -0.972. The van der Waals surface area contributed by atoms with E-state index in [0.717, 1.165) is 12.0 Å². The minimum Gasteiger partial charge on any atom is -0.492 e. The molecule has 0 bridgehead atoms. The Bertz CT molecular complexity index is 947. The fourth-order valence-corrected chi connectivity index (χ4v) is 4.52. The number of amides is 2.